The zero-order valence-corrected chi connectivity index (χ0v) is 11.5. The monoisotopic (exact) mass is 289 g/mol. The first-order valence-electron chi connectivity index (χ1n) is 5.81. The van der Waals surface area contributed by atoms with Gasteiger partial charge in [-0.15, -0.1) is 0 Å². The van der Waals surface area contributed by atoms with E-state index in [1.54, 1.807) is 11.6 Å². The lowest BCUT2D eigenvalue weighted by Gasteiger charge is -2.34. The molecule has 0 radical (unpaired) electrons. The van der Waals surface area contributed by atoms with Gasteiger partial charge in [0.1, 0.15) is 11.9 Å². The molecule has 0 bridgehead atoms. The highest BCUT2D eigenvalue weighted by atomic mass is 32.2. The van der Waals surface area contributed by atoms with Crippen molar-refractivity contribution in [1.29, 1.82) is 0 Å². The molecular weight excluding hydrogens is 274 g/mol. The molecule has 0 saturated heterocycles. The second kappa shape index (κ2) is 4.89. The van der Waals surface area contributed by atoms with Crippen molar-refractivity contribution in [1.82, 2.24) is 9.78 Å². The second-order valence-corrected chi connectivity index (χ2v) is 6.46. The maximum atomic E-state index is 10.8. The molecule has 1 aromatic heterocycles. The van der Waals surface area contributed by atoms with Gasteiger partial charge in [-0.25, -0.2) is 0 Å². The molecule has 106 valence electrons. The average Bonchev–Trinajstić information content (AvgIpc) is 2.56. The standard InChI is InChI=1S/C10H15N3O5S/c1-7-10(13(14)15)5-12(11-7)9-3-8(4-9)6-18-19(2,16)17/h5,8-9H,3-4,6H2,1-2H3/t8-,9-. The van der Waals surface area contributed by atoms with Gasteiger partial charge in [0, 0.05) is 0 Å². The van der Waals surface area contributed by atoms with Crippen LogP contribution in [-0.4, -0.2) is 36.0 Å². The van der Waals surface area contributed by atoms with Crippen molar-refractivity contribution in [2.24, 2.45) is 5.92 Å². The van der Waals surface area contributed by atoms with Gasteiger partial charge in [0.25, 0.3) is 10.1 Å². The minimum atomic E-state index is -3.40. The molecule has 1 fully saturated rings. The molecule has 0 atom stereocenters. The molecule has 0 amide bonds. The average molecular weight is 289 g/mol. The van der Waals surface area contributed by atoms with E-state index in [0.29, 0.717) is 18.5 Å². The molecule has 0 aromatic carbocycles. The lowest BCUT2D eigenvalue weighted by Crippen LogP contribution is -2.31. The third kappa shape index (κ3) is 3.29. The number of hydrogen-bond acceptors (Lipinski definition) is 6. The zero-order chi connectivity index (χ0) is 14.2. The summed E-state index contributed by atoms with van der Waals surface area (Å²) in [6.07, 6.45) is 3.87. The molecule has 2 rings (SSSR count). The highest BCUT2D eigenvalue weighted by molar-refractivity contribution is 7.85. The van der Waals surface area contributed by atoms with E-state index < -0.39 is 15.0 Å². The summed E-state index contributed by atoms with van der Waals surface area (Å²) in [6, 6.07) is 0.0839. The molecule has 1 aliphatic rings. The van der Waals surface area contributed by atoms with Gasteiger partial charge in [0.05, 0.1) is 23.8 Å². The van der Waals surface area contributed by atoms with Crippen LogP contribution in [0.25, 0.3) is 0 Å². The van der Waals surface area contributed by atoms with Crippen LogP contribution in [0.1, 0.15) is 24.6 Å². The molecule has 9 heteroatoms. The highest BCUT2D eigenvalue weighted by Crippen LogP contribution is 2.38. The van der Waals surface area contributed by atoms with E-state index in [1.807, 2.05) is 0 Å². The lowest BCUT2D eigenvalue weighted by atomic mass is 9.81. The quantitative estimate of drug-likeness (QED) is 0.455. The van der Waals surface area contributed by atoms with Crippen LogP contribution in [0.4, 0.5) is 5.69 Å². The Labute approximate surface area is 110 Å². The van der Waals surface area contributed by atoms with E-state index in [4.69, 9.17) is 4.18 Å². The molecule has 0 aliphatic heterocycles. The van der Waals surface area contributed by atoms with Crippen LogP contribution in [0.3, 0.4) is 0 Å². The maximum Gasteiger partial charge on any atom is 0.309 e. The SMILES string of the molecule is Cc1nn([C@H]2C[C@H](COS(C)(=O)=O)C2)cc1[N+](=O)[O-]. The van der Waals surface area contributed by atoms with Gasteiger partial charge in [0.15, 0.2) is 0 Å². The fourth-order valence-electron chi connectivity index (χ4n) is 2.11. The number of hydrogen-bond donors (Lipinski definition) is 0. The molecule has 8 nitrogen and oxygen atoms in total. The van der Waals surface area contributed by atoms with Crippen molar-refractivity contribution in [3.63, 3.8) is 0 Å². The highest BCUT2D eigenvalue weighted by Gasteiger charge is 2.33. The summed E-state index contributed by atoms with van der Waals surface area (Å²) in [5.74, 6) is 0.156. The summed E-state index contributed by atoms with van der Waals surface area (Å²) in [4.78, 5) is 10.3. The minimum absolute atomic E-state index is 0.0100. The third-order valence-electron chi connectivity index (χ3n) is 3.19. The van der Waals surface area contributed by atoms with Crippen molar-refractivity contribution in [2.45, 2.75) is 25.8 Å². The van der Waals surface area contributed by atoms with Gasteiger partial charge in [-0.05, 0) is 25.7 Å². The Morgan fingerprint density at radius 2 is 2.21 bits per heavy atom. The Balaban J connectivity index is 1.90. The van der Waals surface area contributed by atoms with Gasteiger partial charge in [-0.2, -0.15) is 13.5 Å². The van der Waals surface area contributed by atoms with Crippen molar-refractivity contribution >= 4 is 15.8 Å². The molecule has 0 N–H and O–H groups in total. The van der Waals surface area contributed by atoms with E-state index in [2.05, 4.69) is 5.10 Å². The molecule has 0 spiro atoms. The van der Waals surface area contributed by atoms with E-state index in [9.17, 15) is 18.5 Å². The molecule has 1 aromatic rings. The topological polar surface area (TPSA) is 104 Å². The minimum Gasteiger partial charge on any atom is -0.270 e. The van der Waals surface area contributed by atoms with Crippen LogP contribution in [0, 0.1) is 23.0 Å². The van der Waals surface area contributed by atoms with Crippen LogP contribution < -0.4 is 0 Å². The van der Waals surface area contributed by atoms with Crippen LogP contribution in [0.15, 0.2) is 6.20 Å². The van der Waals surface area contributed by atoms with Crippen LogP contribution >= 0.6 is 0 Å². The normalized spacial score (nSPS) is 23.1. The van der Waals surface area contributed by atoms with Crippen molar-refractivity contribution in [3.8, 4) is 0 Å². The number of nitro groups is 1. The van der Waals surface area contributed by atoms with Crippen molar-refractivity contribution < 1.29 is 17.5 Å². The van der Waals surface area contributed by atoms with Gasteiger partial charge in [-0.1, -0.05) is 0 Å². The van der Waals surface area contributed by atoms with Gasteiger partial charge >= 0.3 is 5.69 Å². The van der Waals surface area contributed by atoms with Crippen LogP contribution in [0.2, 0.25) is 0 Å². The Hall–Kier alpha value is -1.48. The van der Waals surface area contributed by atoms with Gasteiger partial charge < -0.3 is 0 Å². The second-order valence-electron chi connectivity index (χ2n) is 4.82. The Bertz CT molecular complexity index is 588. The molecule has 0 unspecified atom stereocenters. The van der Waals surface area contributed by atoms with Crippen molar-refractivity contribution in [3.05, 3.63) is 22.0 Å². The summed E-state index contributed by atoms with van der Waals surface area (Å²) < 4.78 is 28.0. The zero-order valence-electron chi connectivity index (χ0n) is 10.6. The lowest BCUT2D eigenvalue weighted by molar-refractivity contribution is -0.385. The predicted molar refractivity (Wildman–Crippen MR) is 66.2 cm³/mol. The smallest absolute Gasteiger partial charge is 0.270 e. The summed E-state index contributed by atoms with van der Waals surface area (Å²) in [7, 11) is -3.40. The Morgan fingerprint density at radius 1 is 1.58 bits per heavy atom. The number of rotatable bonds is 5. The first-order valence-corrected chi connectivity index (χ1v) is 7.62. The van der Waals surface area contributed by atoms with Gasteiger partial charge in [-0.3, -0.25) is 19.0 Å². The summed E-state index contributed by atoms with van der Waals surface area (Å²) >= 11 is 0. The number of nitrogens with zero attached hydrogens (tertiary/aromatic N) is 3. The largest absolute Gasteiger partial charge is 0.309 e. The summed E-state index contributed by atoms with van der Waals surface area (Å²) in [6.45, 7) is 1.76. The van der Waals surface area contributed by atoms with E-state index in [0.717, 1.165) is 6.26 Å². The molecule has 1 aliphatic carbocycles. The Morgan fingerprint density at radius 3 is 2.68 bits per heavy atom. The maximum absolute atomic E-state index is 10.8. The Kier molecular flexibility index (Phi) is 3.59. The van der Waals surface area contributed by atoms with E-state index >= 15 is 0 Å². The van der Waals surface area contributed by atoms with E-state index in [1.165, 1.54) is 6.20 Å². The number of aryl methyl sites for hydroxylation is 1. The summed E-state index contributed by atoms with van der Waals surface area (Å²) in [5.41, 5.74) is 0.400. The molecule has 19 heavy (non-hydrogen) atoms. The molecule has 1 heterocycles. The fraction of sp³-hybridized carbons (Fsp3) is 0.700. The number of aromatic nitrogens is 2. The van der Waals surface area contributed by atoms with Gasteiger partial charge in [0.2, 0.25) is 0 Å². The van der Waals surface area contributed by atoms with E-state index in [-0.39, 0.29) is 24.3 Å². The summed E-state index contributed by atoms with van der Waals surface area (Å²) in [5, 5.41) is 14.8. The molecular formula is C10H15N3O5S. The first kappa shape index (κ1) is 13.9. The first-order chi connectivity index (χ1) is 8.76. The predicted octanol–water partition coefficient (Wildman–Crippen LogP) is 1.03. The van der Waals surface area contributed by atoms with Crippen LogP contribution in [0.5, 0.6) is 0 Å². The molecule has 1 saturated carbocycles. The third-order valence-corrected chi connectivity index (χ3v) is 3.75. The van der Waals surface area contributed by atoms with Crippen LogP contribution in [-0.2, 0) is 14.3 Å². The van der Waals surface area contributed by atoms with Crippen molar-refractivity contribution in [2.75, 3.05) is 12.9 Å². The fourth-order valence-corrected chi connectivity index (χ4v) is 2.55.